The monoisotopic (exact) mass is 327 g/mol. The summed E-state index contributed by atoms with van der Waals surface area (Å²) in [5.74, 6) is 2.56. The number of ether oxygens (including phenoxy) is 3. The van der Waals surface area contributed by atoms with E-state index in [4.69, 9.17) is 14.2 Å². The van der Waals surface area contributed by atoms with Crippen LogP contribution in [0.25, 0.3) is 10.9 Å². The zero-order valence-corrected chi connectivity index (χ0v) is 14.4. The minimum Gasteiger partial charge on any atom is -0.493 e. The first-order chi connectivity index (χ1) is 10.2. The molecule has 0 saturated carbocycles. The third kappa shape index (κ3) is 2.97. The lowest BCUT2D eigenvalue weighted by Gasteiger charge is -2.22. The van der Waals surface area contributed by atoms with Gasteiger partial charge < -0.3 is 19.1 Å². The van der Waals surface area contributed by atoms with E-state index >= 15 is 0 Å². The molecule has 0 saturated heterocycles. The number of anilines is 1. The highest BCUT2D eigenvalue weighted by molar-refractivity contribution is 5.97. The SMILES string of the molecule is CCN(CC)c1ncnc2c(OC)c(OC)c(OC)cc12.Cl. The number of fused-ring (bicyclic) bond motifs is 1. The second-order valence-electron chi connectivity index (χ2n) is 4.41. The Balaban J connectivity index is 0.00000242. The average molecular weight is 328 g/mol. The second kappa shape index (κ2) is 7.89. The number of rotatable bonds is 6. The number of hydrogen-bond donors (Lipinski definition) is 0. The van der Waals surface area contributed by atoms with Gasteiger partial charge >= 0.3 is 0 Å². The van der Waals surface area contributed by atoms with E-state index < -0.39 is 0 Å². The molecule has 0 amide bonds. The summed E-state index contributed by atoms with van der Waals surface area (Å²) in [5.41, 5.74) is 0.715. The van der Waals surface area contributed by atoms with Crippen LogP contribution in [-0.2, 0) is 0 Å². The van der Waals surface area contributed by atoms with Gasteiger partial charge in [0.1, 0.15) is 17.7 Å². The van der Waals surface area contributed by atoms with Gasteiger partial charge in [-0.3, -0.25) is 0 Å². The minimum atomic E-state index is 0. The highest BCUT2D eigenvalue weighted by Gasteiger charge is 2.20. The molecule has 22 heavy (non-hydrogen) atoms. The fourth-order valence-electron chi connectivity index (χ4n) is 2.43. The summed E-state index contributed by atoms with van der Waals surface area (Å²) >= 11 is 0. The summed E-state index contributed by atoms with van der Waals surface area (Å²) in [6.45, 7) is 5.91. The number of hydrogen-bond acceptors (Lipinski definition) is 6. The van der Waals surface area contributed by atoms with Crippen LogP contribution < -0.4 is 19.1 Å². The Morgan fingerprint density at radius 2 is 1.59 bits per heavy atom. The van der Waals surface area contributed by atoms with Crippen molar-refractivity contribution in [2.24, 2.45) is 0 Å². The highest BCUT2D eigenvalue weighted by atomic mass is 35.5. The molecule has 0 aliphatic heterocycles. The molecule has 122 valence electrons. The number of methoxy groups -OCH3 is 3. The predicted molar refractivity (Wildman–Crippen MR) is 90.0 cm³/mol. The second-order valence-corrected chi connectivity index (χ2v) is 4.41. The Morgan fingerprint density at radius 3 is 2.09 bits per heavy atom. The fraction of sp³-hybridized carbons (Fsp3) is 0.467. The van der Waals surface area contributed by atoms with Crippen molar-refractivity contribution in [2.45, 2.75) is 13.8 Å². The molecule has 6 nitrogen and oxygen atoms in total. The molecule has 2 rings (SSSR count). The topological polar surface area (TPSA) is 56.7 Å². The van der Waals surface area contributed by atoms with E-state index in [0.29, 0.717) is 22.8 Å². The van der Waals surface area contributed by atoms with Crippen LogP contribution in [0.5, 0.6) is 17.2 Å². The molecule has 0 radical (unpaired) electrons. The van der Waals surface area contributed by atoms with Crippen LogP contribution in [-0.4, -0.2) is 44.4 Å². The van der Waals surface area contributed by atoms with Gasteiger partial charge in [0.15, 0.2) is 11.5 Å². The number of benzene rings is 1. The Hall–Kier alpha value is -1.95. The third-order valence-electron chi connectivity index (χ3n) is 3.47. The van der Waals surface area contributed by atoms with Gasteiger partial charge in [0.25, 0.3) is 0 Å². The normalized spacial score (nSPS) is 10.0. The highest BCUT2D eigenvalue weighted by Crippen LogP contribution is 2.44. The van der Waals surface area contributed by atoms with Crippen molar-refractivity contribution in [1.29, 1.82) is 0 Å². The zero-order valence-electron chi connectivity index (χ0n) is 13.5. The van der Waals surface area contributed by atoms with Crippen molar-refractivity contribution >= 4 is 29.1 Å². The van der Waals surface area contributed by atoms with Crippen LogP contribution in [0.2, 0.25) is 0 Å². The maximum absolute atomic E-state index is 5.48. The molecule has 1 aromatic carbocycles. The molecule has 0 N–H and O–H groups in total. The molecular formula is C15H22ClN3O3. The van der Waals surface area contributed by atoms with Crippen LogP contribution >= 0.6 is 12.4 Å². The Morgan fingerprint density at radius 1 is 0.955 bits per heavy atom. The van der Waals surface area contributed by atoms with Crippen molar-refractivity contribution in [2.75, 3.05) is 39.3 Å². The maximum Gasteiger partial charge on any atom is 0.205 e. The van der Waals surface area contributed by atoms with E-state index in [2.05, 4.69) is 28.7 Å². The van der Waals surface area contributed by atoms with Crippen molar-refractivity contribution in [3.05, 3.63) is 12.4 Å². The average Bonchev–Trinajstić information content (AvgIpc) is 2.54. The van der Waals surface area contributed by atoms with E-state index in [1.807, 2.05) is 6.07 Å². The standard InChI is InChI=1S/C15H21N3O3.ClH/c1-6-18(7-2)15-10-8-11(19-3)13(20-4)14(21-5)12(10)16-9-17-15;/h8-9H,6-7H2,1-5H3;1H. The van der Waals surface area contributed by atoms with E-state index in [1.165, 1.54) is 0 Å². The zero-order chi connectivity index (χ0) is 15.4. The van der Waals surface area contributed by atoms with Crippen LogP contribution in [0.4, 0.5) is 5.82 Å². The molecule has 1 heterocycles. The number of aromatic nitrogens is 2. The third-order valence-corrected chi connectivity index (χ3v) is 3.47. The molecule has 0 aliphatic carbocycles. The summed E-state index contributed by atoms with van der Waals surface area (Å²) < 4.78 is 16.3. The van der Waals surface area contributed by atoms with Crippen LogP contribution in [0.15, 0.2) is 12.4 Å². The molecule has 0 fully saturated rings. The number of nitrogens with zero attached hydrogens (tertiary/aromatic N) is 3. The van der Waals surface area contributed by atoms with Gasteiger partial charge in [0.05, 0.1) is 26.7 Å². The molecule has 2 aromatic rings. The van der Waals surface area contributed by atoms with Crippen molar-refractivity contribution in [3.8, 4) is 17.2 Å². The molecule has 0 aliphatic rings. The first-order valence-corrected chi connectivity index (χ1v) is 6.90. The van der Waals surface area contributed by atoms with Gasteiger partial charge in [-0.15, -0.1) is 12.4 Å². The lowest BCUT2D eigenvalue weighted by atomic mass is 10.1. The smallest absolute Gasteiger partial charge is 0.205 e. The van der Waals surface area contributed by atoms with Gasteiger partial charge in [-0.25, -0.2) is 9.97 Å². The fourth-order valence-corrected chi connectivity index (χ4v) is 2.43. The van der Waals surface area contributed by atoms with Crippen LogP contribution in [0, 0.1) is 0 Å². The first-order valence-electron chi connectivity index (χ1n) is 6.90. The first kappa shape index (κ1) is 18.1. The molecule has 0 spiro atoms. The van der Waals surface area contributed by atoms with Gasteiger partial charge in [0, 0.05) is 13.1 Å². The largest absolute Gasteiger partial charge is 0.493 e. The molecular weight excluding hydrogens is 306 g/mol. The molecule has 0 atom stereocenters. The van der Waals surface area contributed by atoms with Crippen LogP contribution in [0.1, 0.15) is 13.8 Å². The van der Waals surface area contributed by atoms with Crippen molar-refractivity contribution in [3.63, 3.8) is 0 Å². The summed E-state index contributed by atoms with van der Waals surface area (Å²) in [4.78, 5) is 10.9. The summed E-state index contributed by atoms with van der Waals surface area (Å²) in [6.07, 6.45) is 1.55. The van der Waals surface area contributed by atoms with Gasteiger partial charge in [0.2, 0.25) is 5.75 Å². The summed E-state index contributed by atoms with van der Waals surface area (Å²) in [6, 6.07) is 1.89. The minimum absolute atomic E-state index is 0. The van der Waals surface area contributed by atoms with E-state index in [-0.39, 0.29) is 12.4 Å². The maximum atomic E-state index is 5.48. The Labute approximate surface area is 136 Å². The van der Waals surface area contributed by atoms with Gasteiger partial charge in [-0.05, 0) is 19.9 Å². The molecule has 0 bridgehead atoms. The lowest BCUT2D eigenvalue weighted by Crippen LogP contribution is -2.23. The van der Waals surface area contributed by atoms with Gasteiger partial charge in [-0.2, -0.15) is 0 Å². The Bertz CT molecular complexity index is 633. The lowest BCUT2D eigenvalue weighted by molar-refractivity contribution is 0.327. The number of halogens is 1. The van der Waals surface area contributed by atoms with E-state index in [0.717, 1.165) is 24.3 Å². The van der Waals surface area contributed by atoms with Crippen LogP contribution in [0.3, 0.4) is 0 Å². The van der Waals surface area contributed by atoms with Crippen molar-refractivity contribution in [1.82, 2.24) is 9.97 Å². The summed E-state index contributed by atoms with van der Waals surface area (Å²) in [7, 11) is 4.78. The molecule has 0 unspecified atom stereocenters. The summed E-state index contributed by atoms with van der Waals surface area (Å²) in [5, 5.41) is 0.885. The molecule has 7 heteroatoms. The van der Waals surface area contributed by atoms with Gasteiger partial charge in [-0.1, -0.05) is 0 Å². The Kier molecular flexibility index (Phi) is 6.49. The van der Waals surface area contributed by atoms with E-state index in [9.17, 15) is 0 Å². The van der Waals surface area contributed by atoms with Crippen molar-refractivity contribution < 1.29 is 14.2 Å². The predicted octanol–water partition coefficient (Wildman–Crippen LogP) is 2.92. The van der Waals surface area contributed by atoms with E-state index in [1.54, 1.807) is 27.7 Å². The molecule has 1 aromatic heterocycles. The quantitative estimate of drug-likeness (QED) is 0.813.